The summed E-state index contributed by atoms with van der Waals surface area (Å²) in [5.74, 6) is 0.419. The Balaban J connectivity index is 2.18. The van der Waals surface area contributed by atoms with E-state index < -0.39 is 16.6 Å². The first-order chi connectivity index (χ1) is 11.2. The van der Waals surface area contributed by atoms with Crippen LogP contribution in [-0.2, 0) is 4.74 Å². The molecule has 0 unspecified atom stereocenters. The Morgan fingerprint density at radius 2 is 2.00 bits per heavy atom. The normalized spacial score (nSPS) is 11.0. The minimum Gasteiger partial charge on any atom is -0.493 e. The van der Waals surface area contributed by atoms with Crippen LogP contribution in [0.2, 0.25) is 0 Å². The van der Waals surface area contributed by atoms with E-state index in [2.05, 4.69) is 5.32 Å². The molecule has 134 valence electrons. The van der Waals surface area contributed by atoms with E-state index >= 15 is 0 Å². The smallest absolute Gasteiger partial charge is 0.407 e. The Morgan fingerprint density at radius 3 is 2.62 bits per heavy atom. The van der Waals surface area contributed by atoms with Gasteiger partial charge in [-0.1, -0.05) is 0 Å². The van der Waals surface area contributed by atoms with Crippen LogP contribution in [0.15, 0.2) is 18.2 Å². The largest absolute Gasteiger partial charge is 0.493 e. The van der Waals surface area contributed by atoms with E-state index in [0.717, 1.165) is 19.3 Å². The first kappa shape index (κ1) is 19.5. The van der Waals surface area contributed by atoms with Crippen molar-refractivity contribution in [3.63, 3.8) is 0 Å². The summed E-state index contributed by atoms with van der Waals surface area (Å²) in [4.78, 5) is 21.7. The molecule has 0 saturated heterocycles. The molecule has 24 heavy (non-hydrogen) atoms. The van der Waals surface area contributed by atoms with Crippen LogP contribution >= 0.6 is 0 Å². The molecule has 1 aromatic rings. The highest BCUT2D eigenvalue weighted by atomic mass is 16.6. The van der Waals surface area contributed by atoms with Gasteiger partial charge in [0.1, 0.15) is 17.0 Å². The van der Waals surface area contributed by atoms with Crippen molar-refractivity contribution in [3.8, 4) is 5.75 Å². The van der Waals surface area contributed by atoms with Crippen molar-refractivity contribution in [2.75, 3.05) is 18.9 Å². The number of nitrogens with zero attached hydrogens (tertiary/aromatic N) is 1. The number of hydrogen-bond acceptors (Lipinski definition) is 6. The van der Waals surface area contributed by atoms with E-state index in [1.54, 1.807) is 6.07 Å². The zero-order chi connectivity index (χ0) is 18.2. The van der Waals surface area contributed by atoms with Crippen LogP contribution in [0.3, 0.4) is 0 Å². The van der Waals surface area contributed by atoms with Gasteiger partial charge in [0.2, 0.25) is 0 Å². The van der Waals surface area contributed by atoms with Crippen LogP contribution in [0.25, 0.3) is 0 Å². The first-order valence-corrected chi connectivity index (χ1v) is 7.82. The molecule has 0 fully saturated rings. The van der Waals surface area contributed by atoms with Gasteiger partial charge in [-0.3, -0.25) is 10.1 Å². The second-order valence-corrected chi connectivity index (χ2v) is 6.32. The molecular formula is C16H25N3O5. The summed E-state index contributed by atoms with van der Waals surface area (Å²) >= 11 is 0. The lowest BCUT2D eigenvalue weighted by atomic mass is 10.2. The van der Waals surface area contributed by atoms with Crippen LogP contribution < -0.4 is 15.8 Å². The number of carbonyl (C=O) groups is 1. The summed E-state index contributed by atoms with van der Waals surface area (Å²) in [6.07, 6.45) is 2.00. The Hall–Kier alpha value is -2.51. The molecule has 0 heterocycles. The van der Waals surface area contributed by atoms with Gasteiger partial charge in [-0.05, 0) is 52.2 Å². The minimum atomic E-state index is -0.537. The number of ether oxygens (including phenoxy) is 2. The lowest BCUT2D eigenvalue weighted by Gasteiger charge is -2.19. The van der Waals surface area contributed by atoms with Crippen molar-refractivity contribution >= 4 is 17.5 Å². The molecule has 0 bridgehead atoms. The molecule has 0 aliphatic heterocycles. The van der Waals surface area contributed by atoms with Crippen LogP contribution in [0, 0.1) is 10.1 Å². The summed E-state index contributed by atoms with van der Waals surface area (Å²) in [6, 6.07) is 4.38. The van der Waals surface area contributed by atoms with E-state index in [9.17, 15) is 14.9 Å². The van der Waals surface area contributed by atoms with Gasteiger partial charge in [-0.15, -0.1) is 0 Å². The van der Waals surface area contributed by atoms with Gasteiger partial charge in [0.05, 0.1) is 17.6 Å². The molecule has 0 aliphatic carbocycles. The molecule has 1 rings (SSSR count). The second kappa shape index (κ2) is 8.95. The van der Waals surface area contributed by atoms with Gasteiger partial charge in [0, 0.05) is 6.54 Å². The number of unbranched alkanes of at least 4 members (excludes halogenated alkanes) is 2. The van der Waals surface area contributed by atoms with E-state index in [0.29, 0.717) is 18.9 Å². The number of rotatable bonds is 8. The lowest BCUT2D eigenvalue weighted by molar-refractivity contribution is -0.384. The van der Waals surface area contributed by atoms with Crippen molar-refractivity contribution in [1.29, 1.82) is 0 Å². The van der Waals surface area contributed by atoms with Crippen molar-refractivity contribution in [1.82, 2.24) is 5.32 Å². The second-order valence-electron chi connectivity index (χ2n) is 6.32. The Bertz CT molecular complexity index is 569. The minimum absolute atomic E-state index is 0.112. The summed E-state index contributed by atoms with van der Waals surface area (Å²) in [7, 11) is 0. The summed E-state index contributed by atoms with van der Waals surface area (Å²) in [6.45, 7) is 6.40. The van der Waals surface area contributed by atoms with Crippen molar-refractivity contribution in [2.24, 2.45) is 0 Å². The van der Waals surface area contributed by atoms with E-state index in [4.69, 9.17) is 15.2 Å². The molecule has 1 amide bonds. The van der Waals surface area contributed by atoms with Crippen LogP contribution in [0.5, 0.6) is 5.75 Å². The predicted molar refractivity (Wildman–Crippen MR) is 91.1 cm³/mol. The standard InChI is InChI=1S/C16H25N3O5/c1-16(2,3)24-15(20)18-9-5-4-6-10-23-12-7-8-13(17)14(11-12)19(21)22/h7-8,11H,4-6,9-10,17H2,1-3H3,(H,18,20). The predicted octanol–water partition coefficient (Wildman–Crippen LogP) is 3.25. The number of nitrogen functional groups attached to an aromatic ring is 1. The molecule has 0 spiro atoms. The third-order valence-electron chi connectivity index (χ3n) is 2.96. The molecule has 8 nitrogen and oxygen atoms in total. The number of alkyl carbamates (subject to hydrolysis) is 1. The fourth-order valence-electron chi connectivity index (χ4n) is 1.87. The summed E-state index contributed by atoms with van der Waals surface area (Å²) in [5.41, 5.74) is 4.97. The van der Waals surface area contributed by atoms with Crippen LogP contribution in [-0.4, -0.2) is 29.8 Å². The lowest BCUT2D eigenvalue weighted by Crippen LogP contribution is -2.33. The number of nitro groups is 1. The number of benzene rings is 1. The molecule has 3 N–H and O–H groups in total. The number of amides is 1. The summed E-state index contributed by atoms with van der Waals surface area (Å²) < 4.78 is 10.6. The Kier molecular flexibility index (Phi) is 7.29. The highest BCUT2D eigenvalue weighted by molar-refractivity contribution is 5.67. The van der Waals surface area contributed by atoms with Crippen LogP contribution in [0.4, 0.5) is 16.2 Å². The molecule has 0 radical (unpaired) electrons. The van der Waals surface area contributed by atoms with Gasteiger partial charge in [-0.2, -0.15) is 0 Å². The number of nitrogens with one attached hydrogen (secondary N) is 1. The molecule has 1 aromatic carbocycles. The monoisotopic (exact) mass is 339 g/mol. The van der Waals surface area contributed by atoms with Gasteiger partial charge >= 0.3 is 6.09 Å². The molecule has 8 heteroatoms. The Morgan fingerprint density at radius 1 is 1.29 bits per heavy atom. The fraction of sp³-hybridized carbons (Fsp3) is 0.562. The SMILES string of the molecule is CC(C)(C)OC(=O)NCCCCCOc1ccc(N)c([N+](=O)[O-])c1. The Labute approximate surface area is 141 Å². The number of carbonyl (C=O) groups excluding carboxylic acids is 1. The van der Waals surface area contributed by atoms with Crippen LogP contribution in [0.1, 0.15) is 40.0 Å². The third kappa shape index (κ3) is 7.66. The third-order valence-corrected chi connectivity index (χ3v) is 2.96. The molecule has 0 saturated carbocycles. The average Bonchev–Trinajstić information content (AvgIpc) is 2.45. The van der Waals surface area contributed by atoms with Gasteiger partial charge in [0.25, 0.3) is 5.69 Å². The zero-order valence-corrected chi connectivity index (χ0v) is 14.3. The maximum atomic E-state index is 11.4. The quantitative estimate of drug-likeness (QED) is 0.325. The number of hydrogen-bond donors (Lipinski definition) is 2. The highest BCUT2D eigenvalue weighted by Gasteiger charge is 2.15. The zero-order valence-electron chi connectivity index (χ0n) is 14.3. The van der Waals surface area contributed by atoms with E-state index in [1.165, 1.54) is 12.1 Å². The number of nitro benzene ring substituents is 1. The van der Waals surface area contributed by atoms with E-state index in [-0.39, 0.29) is 11.4 Å². The molecule has 0 aliphatic rings. The highest BCUT2D eigenvalue weighted by Crippen LogP contribution is 2.26. The van der Waals surface area contributed by atoms with Gasteiger partial charge in [0.15, 0.2) is 0 Å². The molecular weight excluding hydrogens is 314 g/mol. The van der Waals surface area contributed by atoms with Crippen molar-refractivity contribution < 1.29 is 19.2 Å². The summed E-state index contributed by atoms with van der Waals surface area (Å²) in [5, 5.41) is 13.5. The van der Waals surface area contributed by atoms with Crippen molar-refractivity contribution in [2.45, 2.75) is 45.6 Å². The first-order valence-electron chi connectivity index (χ1n) is 7.82. The van der Waals surface area contributed by atoms with E-state index in [1.807, 2.05) is 20.8 Å². The number of anilines is 1. The maximum absolute atomic E-state index is 11.4. The molecule has 0 atom stereocenters. The average molecular weight is 339 g/mol. The molecule has 0 aromatic heterocycles. The van der Waals surface area contributed by atoms with Gasteiger partial charge < -0.3 is 20.5 Å². The number of nitrogens with two attached hydrogens (primary N) is 1. The van der Waals surface area contributed by atoms with Gasteiger partial charge in [-0.25, -0.2) is 4.79 Å². The fourth-order valence-corrected chi connectivity index (χ4v) is 1.87. The topological polar surface area (TPSA) is 117 Å². The maximum Gasteiger partial charge on any atom is 0.407 e. The van der Waals surface area contributed by atoms with Crippen molar-refractivity contribution in [3.05, 3.63) is 28.3 Å².